The van der Waals surface area contributed by atoms with Gasteiger partial charge in [0, 0.05) is 18.8 Å². The van der Waals surface area contributed by atoms with Crippen LogP contribution in [0.3, 0.4) is 0 Å². The van der Waals surface area contributed by atoms with E-state index in [0.29, 0.717) is 24.7 Å². The number of halogens is 4. The average Bonchev–Trinajstić information content (AvgIpc) is 2.56. The Balaban J connectivity index is 2.33. The van der Waals surface area contributed by atoms with Crippen molar-refractivity contribution in [3.63, 3.8) is 0 Å². The molecule has 0 saturated carbocycles. The number of alkyl halides is 3. The van der Waals surface area contributed by atoms with Crippen LogP contribution < -0.4 is 10.2 Å². The Morgan fingerprint density at radius 3 is 2.42 bits per heavy atom. The smallest absolute Gasteiger partial charge is 0.341 e. The maximum Gasteiger partial charge on any atom is 0.416 e. The van der Waals surface area contributed by atoms with Crippen LogP contribution in [0.25, 0.3) is 0 Å². The second-order valence-corrected chi connectivity index (χ2v) is 5.92. The van der Waals surface area contributed by atoms with Gasteiger partial charge in [-0.1, -0.05) is 11.6 Å². The van der Waals surface area contributed by atoms with Crippen molar-refractivity contribution in [1.29, 1.82) is 0 Å². The average molecular weight is 387 g/mol. The van der Waals surface area contributed by atoms with Crippen molar-refractivity contribution in [3.8, 4) is 0 Å². The van der Waals surface area contributed by atoms with Crippen molar-refractivity contribution < 1.29 is 18.0 Å². The van der Waals surface area contributed by atoms with Gasteiger partial charge in [0.15, 0.2) is 0 Å². The van der Waals surface area contributed by atoms with Crippen LogP contribution in [0, 0.1) is 6.92 Å². The number of amides is 1. The number of hydrogen-bond donors (Lipinski definition) is 1. The molecule has 0 aliphatic rings. The van der Waals surface area contributed by atoms with E-state index in [4.69, 9.17) is 11.6 Å². The number of aromatic nitrogens is 2. The molecule has 1 aromatic heterocycles. The van der Waals surface area contributed by atoms with Crippen molar-refractivity contribution in [1.82, 2.24) is 9.97 Å². The monoisotopic (exact) mass is 386 g/mol. The molecule has 0 saturated heterocycles. The zero-order valence-electron chi connectivity index (χ0n) is 14.5. The number of anilines is 2. The second kappa shape index (κ2) is 7.90. The van der Waals surface area contributed by atoms with Gasteiger partial charge < -0.3 is 10.2 Å². The molecule has 2 rings (SSSR count). The molecule has 0 radical (unpaired) electrons. The molecule has 0 bridgehead atoms. The van der Waals surface area contributed by atoms with Gasteiger partial charge in [-0.2, -0.15) is 13.2 Å². The molecule has 0 unspecified atom stereocenters. The van der Waals surface area contributed by atoms with E-state index in [0.717, 1.165) is 18.2 Å². The predicted octanol–water partition coefficient (Wildman–Crippen LogP) is 4.56. The minimum Gasteiger partial charge on any atom is -0.341 e. The van der Waals surface area contributed by atoms with Crippen LogP contribution in [0.4, 0.5) is 24.8 Å². The van der Waals surface area contributed by atoms with Crippen LogP contribution in [0.2, 0.25) is 5.02 Å². The summed E-state index contributed by atoms with van der Waals surface area (Å²) in [5, 5.41) is 2.39. The van der Waals surface area contributed by atoms with Gasteiger partial charge >= 0.3 is 6.18 Å². The Kier molecular flexibility index (Phi) is 6.07. The van der Waals surface area contributed by atoms with E-state index in [9.17, 15) is 18.0 Å². The van der Waals surface area contributed by atoms with Crippen LogP contribution in [-0.2, 0) is 6.18 Å². The third-order valence-corrected chi connectivity index (χ3v) is 3.99. The minimum absolute atomic E-state index is 0.00101. The Bertz CT molecular complexity index is 807. The zero-order valence-corrected chi connectivity index (χ0v) is 15.2. The maximum atomic E-state index is 12.9. The fraction of sp³-hybridized carbons (Fsp3) is 0.353. The van der Waals surface area contributed by atoms with E-state index in [1.165, 1.54) is 6.07 Å². The minimum atomic E-state index is -4.54. The van der Waals surface area contributed by atoms with E-state index in [1.807, 2.05) is 18.7 Å². The molecule has 0 aliphatic heterocycles. The number of carbonyl (C=O) groups excluding carboxylic acids is 1. The summed E-state index contributed by atoms with van der Waals surface area (Å²) in [4.78, 5) is 22.8. The molecule has 26 heavy (non-hydrogen) atoms. The number of carbonyl (C=O) groups is 1. The molecular formula is C17H18ClF3N4O. The van der Waals surface area contributed by atoms with Gasteiger partial charge in [0.05, 0.1) is 16.3 Å². The summed E-state index contributed by atoms with van der Waals surface area (Å²) in [7, 11) is 0. The molecule has 1 aromatic carbocycles. The molecule has 0 aliphatic carbocycles. The van der Waals surface area contributed by atoms with Crippen molar-refractivity contribution in [2.75, 3.05) is 23.3 Å². The van der Waals surface area contributed by atoms with Crippen LogP contribution >= 0.6 is 11.6 Å². The molecule has 1 heterocycles. The number of hydrogen-bond acceptors (Lipinski definition) is 4. The second-order valence-electron chi connectivity index (χ2n) is 5.51. The number of benzene rings is 1. The van der Waals surface area contributed by atoms with Gasteiger partial charge in [-0.05, 0) is 45.0 Å². The molecular weight excluding hydrogens is 369 g/mol. The highest BCUT2D eigenvalue weighted by atomic mass is 35.5. The van der Waals surface area contributed by atoms with Crippen molar-refractivity contribution in [3.05, 3.63) is 46.2 Å². The lowest BCUT2D eigenvalue weighted by Crippen LogP contribution is -2.26. The van der Waals surface area contributed by atoms with Gasteiger partial charge in [-0.3, -0.25) is 4.79 Å². The van der Waals surface area contributed by atoms with E-state index in [-0.39, 0.29) is 16.4 Å². The van der Waals surface area contributed by atoms with E-state index >= 15 is 0 Å². The van der Waals surface area contributed by atoms with Crippen molar-refractivity contribution in [2.45, 2.75) is 26.9 Å². The largest absolute Gasteiger partial charge is 0.416 e. The topological polar surface area (TPSA) is 58.1 Å². The number of aryl methyl sites for hydroxylation is 1. The van der Waals surface area contributed by atoms with Crippen molar-refractivity contribution >= 4 is 29.1 Å². The molecule has 140 valence electrons. The summed E-state index contributed by atoms with van der Waals surface area (Å²) in [6.07, 6.45) is -4.54. The van der Waals surface area contributed by atoms with E-state index in [2.05, 4.69) is 15.3 Å². The summed E-state index contributed by atoms with van der Waals surface area (Å²) in [5.74, 6) is -0.277. The standard InChI is InChI=1S/C17H18ClF3N4O/c1-4-25(5-2)16-22-10(3)8-14(24-16)15(26)23-13-9-11(17(19,20)21)6-7-12(13)18/h6-9H,4-5H2,1-3H3,(H,23,26). The Morgan fingerprint density at radius 1 is 1.19 bits per heavy atom. The first-order valence-corrected chi connectivity index (χ1v) is 8.32. The molecule has 2 aromatic rings. The number of nitrogens with zero attached hydrogens (tertiary/aromatic N) is 3. The molecule has 5 nitrogen and oxygen atoms in total. The molecule has 0 atom stereocenters. The summed E-state index contributed by atoms with van der Waals surface area (Å²) >= 11 is 5.91. The quantitative estimate of drug-likeness (QED) is 0.818. The van der Waals surface area contributed by atoms with Crippen LogP contribution in [-0.4, -0.2) is 29.0 Å². The molecule has 0 spiro atoms. The fourth-order valence-corrected chi connectivity index (χ4v) is 2.47. The summed E-state index contributed by atoms with van der Waals surface area (Å²) in [6, 6.07) is 4.20. The van der Waals surface area contributed by atoms with Gasteiger partial charge in [0.25, 0.3) is 5.91 Å². The SMILES string of the molecule is CCN(CC)c1nc(C)cc(C(=O)Nc2cc(C(F)(F)F)ccc2Cl)n1. The summed E-state index contributed by atoms with van der Waals surface area (Å²) < 4.78 is 38.6. The summed E-state index contributed by atoms with van der Waals surface area (Å²) in [5.41, 5.74) is -0.415. The highest BCUT2D eigenvalue weighted by molar-refractivity contribution is 6.33. The lowest BCUT2D eigenvalue weighted by atomic mass is 10.2. The first kappa shape index (κ1) is 20.0. The van der Waals surface area contributed by atoms with Crippen LogP contribution in [0.15, 0.2) is 24.3 Å². The summed E-state index contributed by atoms with van der Waals surface area (Å²) in [6.45, 7) is 6.87. The number of nitrogens with one attached hydrogen (secondary N) is 1. The normalized spacial score (nSPS) is 11.3. The lowest BCUT2D eigenvalue weighted by molar-refractivity contribution is -0.137. The Labute approximate surface area is 154 Å². The van der Waals surface area contributed by atoms with Gasteiger partial charge in [0.1, 0.15) is 5.69 Å². The lowest BCUT2D eigenvalue weighted by Gasteiger charge is -2.19. The predicted molar refractivity (Wildman–Crippen MR) is 94.7 cm³/mol. The molecule has 1 N–H and O–H groups in total. The first-order chi connectivity index (χ1) is 12.2. The van der Waals surface area contributed by atoms with Crippen LogP contribution in [0.5, 0.6) is 0 Å². The molecule has 9 heteroatoms. The van der Waals surface area contributed by atoms with E-state index < -0.39 is 17.6 Å². The van der Waals surface area contributed by atoms with E-state index in [1.54, 1.807) is 6.92 Å². The third-order valence-electron chi connectivity index (χ3n) is 3.66. The Hall–Kier alpha value is -2.35. The maximum absolute atomic E-state index is 12.9. The van der Waals surface area contributed by atoms with Gasteiger partial charge in [-0.15, -0.1) is 0 Å². The fourth-order valence-electron chi connectivity index (χ4n) is 2.30. The third kappa shape index (κ3) is 4.63. The highest BCUT2D eigenvalue weighted by Crippen LogP contribution is 2.34. The number of rotatable bonds is 5. The van der Waals surface area contributed by atoms with Crippen molar-refractivity contribution in [2.24, 2.45) is 0 Å². The molecule has 1 amide bonds. The molecule has 0 fully saturated rings. The highest BCUT2D eigenvalue weighted by Gasteiger charge is 2.31. The van der Waals surface area contributed by atoms with Gasteiger partial charge in [0.2, 0.25) is 5.95 Å². The van der Waals surface area contributed by atoms with Crippen LogP contribution in [0.1, 0.15) is 35.6 Å². The zero-order chi connectivity index (χ0) is 19.5. The first-order valence-electron chi connectivity index (χ1n) is 7.94. The van der Waals surface area contributed by atoms with Gasteiger partial charge in [-0.25, -0.2) is 9.97 Å². The Morgan fingerprint density at radius 2 is 1.85 bits per heavy atom.